The number of pyridine rings is 1. The van der Waals surface area contributed by atoms with Crippen LogP contribution in [-0.2, 0) is 14.1 Å². The fraction of sp³-hybridized carbons (Fsp3) is 0.333. The van der Waals surface area contributed by atoms with E-state index in [9.17, 15) is 0 Å². The summed E-state index contributed by atoms with van der Waals surface area (Å²) in [5, 5.41) is 0. The number of rotatable bonds is 3. The number of hydrogen-bond donors (Lipinski definition) is 0. The van der Waals surface area contributed by atoms with Gasteiger partial charge in [0.2, 0.25) is 0 Å². The number of hydrogen-bond acceptors (Lipinski definition) is 3. The van der Waals surface area contributed by atoms with Crippen LogP contribution in [0.4, 0.5) is 17.2 Å². The quantitative estimate of drug-likeness (QED) is 0.677. The topological polar surface area (TPSA) is 28.2 Å². The van der Waals surface area contributed by atoms with Crippen molar-refractivity contribution in [3.8, 4) is 11.5 Å². The summed E-state index contributed by atoms with van der Waals surface area (Å²) in [6.45, 7) is 6.77. The van der Waals surface area contributed by atoms with Crippen molar-refractivity contribution in [2.24, 2.45) is 14.1 Å². The highest BCUT2D eigenvalue weighted by molar-refractivity contribution is 5.82. The fourth-order valence-electron chi connectivity index (χ4n) is 4.09. The summed E-state index contributed by atoms with van der Waals surface area (Å²) in [5.41, 5.74) is 3.64. The van der Waals surface area contributed by atoms with Crippen LogP contribution in [0.5, 0.6) is 0 Å². The van der Waals surface area contributed by atoms with Gasteiger partial charge in [0.15, 0.2) is 23.4 Å². The van der Waals surface area contributed by atoms with Crippen LogP contribution in [0.3, 0.4) is 0 Å². The van der Waals surface area contributed by atoms with Gasteiger partial charge in [-0.15, -0.1) is 0 Å². The van der Waals surface area contributed by atoms with Gasteiger partial charge >= 0.3 is 0 Å². The molecular weight excluding hydrogens is 322 g/mol. The minimum absolute atomic E-state index is 0.246. The monoisotopic (exact) mass is 348 g/mol. The van der Waals surface area contributed by atoms with Gasteiger partial charge in [0, 0.05) is 31.5 Å². The third kappa shape index (κ3) is 2.38. The predicted molar refractivity (Wildman–Crippen MR) is 105 cm³/mol. The van der Waals surface area contributed by atoms with Gasteiger partial charge in [0.1, 0.15) is 0 Å². The first-order valence-electron chi connectivity index (χ1n) is 9.14. The van der Waals surface area contributed by atoms with Gasteiger partial charge in [-0.05, 0) is 45.0 Å². The molecule has 1 atom stereocenters. The lowest BCUT2D eigenvalue weighted by molar-refractivity contribution is -0.647. The lowest BCUT2D eigenvalue weighted by atomic mass is 10.2. The second-order valence-electron chi connectivity index (χ2n) is 7.18. The minimum Gasteiger partial charge on any atom is -0.331 e. The number of anilines is 3. The van der Waals surface area contributed by atoms with E-state index in [4.69, 9.17) is 0 Å². The second-order valence-corrected chi connectivity index (χ2v) is 7.18. The molecule has 0 saturated carbocycles. The smallest absolute Gasteiger partial charge is 0.283 e. The van der Waals surface area contributed by atoms with Crippen molar-refractivity contribution in [1.29, 1.82) is 0 Å². The number of aryl methyl sites for hydroxylation is 1. The van der Waals surface area contributed by atoms with E-state index >= 15 is 0 Å². The van der Waals surface area contributed by atoms with Gasteiger partial charge in [-0.2, -0.15) is 0 Å². The summed E-state index contributed by atoms with van der Waals surface area (Å²) in [7, 11) is 4.15. The number of fused-ring (bicyclic) bond motifs is 1. The first-order chi connectivity index (χ1) is 12.5. The molecule has 0 amide bonds. The molecule has 0 aliphatic carbocycles. The molecule has 5 nitrogen and oxygen atoms in total. The van der Waals surface area contributed by atoms with Crippen LogP contribution < -0.4 is 14.4 Å². The van der Waals surface area contributed by atoms with Crippen molar-refractivity contribution in [1.82, 2.24) is 9.55 Å². The maximum Gasteiger partial charge on any atom is 0.283 e. The standard InChI is InChI=1S/C21H26N5/c1-15(2)25-16(3)26(18-10-7-6-9-17(18)25)20-12-8-11-19(24(20)5)21-22-13-14-23(21)4/h6-16H,1-5H3/q+1/t16-/m1/s1. The lowest BCUT2D eigenvalue weighted by Crippen LogP contribution is -2.47. The second kappa shape index (κ2) is 6.16. The van der Waals surface area contributed by atoms with Crippen molar-refractivity contribution in [3.63, 3.8) is 0 Å². The van der Waals surface area contributed by atoms with Crippen molar-refractivity contribution in [2.45, 2.75) is 33.0 Å². The molecule has 0 saturated heterocycles. The van der Waals surface area contributed by atoms with Crippen molar-refractivity contribution >= 4 is 17.2 Å². The molecule has 3 heterocycles. The van der Waals surface area contributed by atoms with Crippen molar-refractivity contribution < 1.29 is 4.57 Å². The normalized spacial score (nSPS) is 16.5. The molecule has 0 spiro atoms. The fourth-order valence-corrected chi connectivity index (χ4v) is 4.09. The van der Waals surface area contributed by atoms with Gasteiger partial charge in [-0.25, -0.2) is 14.5 Å². The molecule has 134 valence electrons. The Kier molecular flexibility index (Phi) is 3.94. The first kappa shape index (κ1) is 16.6. The van der Waals surface area contributed by atoms with Crippen LogP contribution in [0.25, 0.3) is 11.5 Å². The Balaban J connectivity index is 1.88. The van der Waals surface area contributed by atoms with E-state index in [-0.39, 0.29) is 6.17 Å². The molecule has 1 aliphatic heterocycles. The van der Waals surface area contributed by atoms with Crippen LogP contribution in [0.15, 0.2) is 54.9 Å². The van der Waals surface area contributed by atoms with Crippen LogP contribution in [0.2, 0.25) is 0 Å². The predicted octanol–water partition coefficient (Wildman–Crippen LogP) is 3.62. The van der Waals surface area contributed by atoms with E-state index in [0.29, 0.717) is 6.04 Å². The molecular formula is C21H26N5+. The number of aromatic nitrogens is 3. The first-order valence-corrected chi connectivity index (χ1v) is 9.14. The van der Waals surface area contributed by atoms with E-state index in [2.05, 4.69) is 94.2 Å². The molecule has 0 unspecified atom stereocenters. The van der Waals surface area contributed by atoms with Crippen molar-refractivity contribution in [3.05, 3.63) is 54.9 Å². The average molecular weight is 348 g/mol. The lowest BCUT2D eigenvalue weighted by Gasteiger charge is -2.28. The van der Waals surface area contributed by atoms with Gasteiger partial charge in [0.05, 0.1) is 12.7 Å². The molecule has 26 heavy (non-hydrogen) atoms. The SMILES string of the molecule is CC(C)N1c2ccccc2N(c2cccc(-c3nccn3C)[n+]2C)[C@@H]1C. The largest absolute Gasteiger partial charge is 0.331 e. The zero-order valence-corrected chi connectivity index (χ0v) is 16.1. The maximum atomic E-state index is 4.53. The highest BCUT2D eigenvalue weighted by Crippen LogP contribution is 2.43. The van der Waals surface area contributed by atoms with E-state index < -0.39 is 0 Å². The molecule has 2 aromatic heterocycles. The van der Waals surface area contributed by atoms with Gasteiger partial charge in [0.25, 0.3) is 5.82 Å². The molecule has 0 bridgehead atoms. The molecule has 4 rings (SSSR count). The maximum absolute atomic E-state index is 4.53. The summed E-state index contributed by atoms with van der Waals surface area (Å²) in [6.07, 6.45) is 4.07. The number of imidazole rings is 1. The highest BCUT2D eigenvalue weighted by atomic mass is 15.4. The Morgan fingerprint density at radius 3 is 2.42 bits per heavy atom. The number of para-hydroxylation sites is 2. The molecule has 1 aromatic carbocycles. The molecule has 3 aromatic rings. The Morgan fingerprint density at radius 1 is 1.04 bits per heavy atom. The summed E-state index contributed by atoms with van der Waals surface area (Å²) >= 11 is 0. The summed E-state index contributed by atoms with van der Waals surface area (Å²) in [5.74, 6) is 2.13. The Morgan fingerprint density at radius 2 is 1.77 bits per heavy atom. The highest BCUT2D eigenvalue weighted by Gasteiger charge is 2.42. The molecule has 0 fully saturated rings. The van der Waals surface area contributed by atoms with Crippen LogP contribution in [0, 0.1) is 0 Å². The average Bonchev–Trinajstić information content (AvgIpc) is 3.16. The van der Waals surface area contributed by atoms with Crippen molar-refractivity contribution in [2.75, 3.05) is 9.80 Å². The van der Waals surface area contributed by atoms with Crippen LogP contribution >= 0.6 is 0 Å². The van der Waals surface area contributed by atoms with E-state index in [1.165, 1.54) is 11.4 Å². The summed E-state index contributed by atoms with van der Waals surface area (Å²) in [6, 6.07) is 15.5. The Bertz CT molecular complexity index is 943. The third-order valence-corrected chi connectivity index (χ3v) is 5.25. The molecule has 5 heteroatoms. The van der Waals surface area contributed by atoms with Crippen LogP contribution in [0.1, 0.15) is 20.8 Å². The van der Waals surface area contributed by atoms with Crippen LogP contribution in [-0.4, -0.2) is 21.8 Å². The molecule has 1 aliphatic rings. The summed E-state index contributed by atoms with van der Waals surface area (Å²) < 4.78 is 4.29. The zero-order chi connectivity index (χ0) is 18.4. The summed E-state index contributed by atoms with van der Waals surface area (Å²) in [4.78, 5) is 9.43. The van der Waals surface area contributed by atoms with Gasteiger partial charge in [-0.3, -0.25) is 0 Å². The van der Waals surface area contributed by atoms with E-state index in [1.54, 1.807) is 0 Å². The third-order valence-electron chi connectivity index (χ3n) is 5.25. The minimum atomic E-state index is 0.246. The Labute approximate surface area is 155 Å². The van der Waals surface area contributed by atoms with E-state index in [0.717, 1.165) is 17.3 Å². The number of nitrogens with zero attached hydrogens (tertiary/aromatic N) is 5. The zero-order valence-electron chi connectivity index (χ0n) is 16.1. The van der Waals surface area contributed by atoms with E-state index in [1.807, 2.05) is 19.4 Å². The molecule has 0 radical (unpaired) electrons. The van der Waals surface area contributed by atoms with Gasteiger partial charge < -0.3 is 9.47 Å². The van der Waals surface area contributed by atoms with Gasteiger partial charge in [-0.1, -0.05) is 12.1 Å². The number of benzene rings is 1. The Hall–Kier alpha value is -2.82. The molecule has 0 N–H and O–H groups in total.